The molecular weight excluding hydrogens is 558 g/mol. The Morgan fingerprint density at radius 2 is 0.978 bits per heavy atom. The number of benzene rings is 5. The fourth-order valence-corrected chi connectivity index (χ4v) is 7.98. The first-order valence-electron chi connectivity index (χ1n) is 15.9. The number of hydrogen-bond donors (Lipinski definition) is 0. The van der Waals surface area contributed by atoms with Gasteiger partial charge in [0, 0.05) is 22.7 Å². The Morgan fingerprint density at radius 1 is 0.413 bits per heavy atom. The van der Waals surface area contributed by atoms with Gasteiger partial charge in [0.05, 0.1) is 16.8 Å². The molecule has 3 heteroatoms. The summed E-state index contributed by atoms with van der Waals surface area (Å²) in [5.41, 5.74) is 14.6. The van der Waals surface area contributed by atoms with Crippen LogP contribution in [0, 0.1) is 0 Å². The van der Waals surface area contributed by atoms with E-state index in [0.717, 1.165) is 28.2 Å². The largest absolute Gasteiger partial charge is 0.253 e. The van der Waals surface area contributed by atoms with Crippen LogP contribution in [0.4, 0.5) is 0 Å². The molecule has 46 heavy (non-hydrogen) atoms. The van der Waals surface area contributed by atoms with Crippen molar-refractivity contribution in [3.8, 4) is 45.2 Å². The van der Waals surface area contributed by atoms with E-state index in [9.17, 15) is 0 Å². The van der Waals surface area contributed by atoms with E-state index in [1.807, 2.05) is 36.4 Å². The Balaban J connectivity index is 1.35. The summed E-state index contributed by atoms with van der Waals surface area (Å²) >= 11 is 0. The average molecular weight is 590 g/mol. The quantitative estimate of drug-likeness (QED) is 0.206. The molecule has 0 radical (unpaired) electrons. The van der Waals surface area contributed by atoms with Crippen molar-refractivity contribution in [2.24, 2.45) is 0 Å². The second-order valence-corrected chi connectivity index (χ2v) is 12.8. The first-order chi connectivity index (χ1) is 22.6. The van der Waals surface area contributed by atoms with Gasteiger partial charge in [-0.15, -0.1) is 0 Å². The minimum absolute atomic E-state index is 0.136. The fourth-order valence-electron chi connectivity index (χ4n) is 7.98. The molecule has 0 atom stereocenters. The maximum absolute atomic E-state index is 5.15. The molecule has 0 unspecified atom stereocenters. The van der Waals surface area contributed by atoms with E-state index in [1.165, 1.54) is 44.5 Å². The molecule has 0 aliphatic heterocycles. The molecule has 0 bridgehead atoms. The summed E-state index contributed by atoms with van der Waals surface area (Å²) in [5.74, 6) is 0.616. The van der Waals surface area contributed by atoms with E-state index in [4.69, 9.17) is 9.97 Å². The Bertz CT molecular complexity index is 2180. The van der Waals surface area contributed by atoms with Crippen LogP contribution in [0.5, 0.6) is 0 Å². The van der Waals surface area contributed by atoms with Gasteiger partial charge in [-0.2, -0.15) is 0 Å². The Hall–Kier alpha value is -5.67. The highest BCUT2D eigenvalue weighted by molar-refractivity contribution is 5.90. The number of aromatic nitrogens is 3. The Morgan fingerprint density at radius 3 is 1.65 bits per heavy atom. The van der Waals surface area contributed by atoms with Crippen LogP contribution in [0.15, 0.2) is 152 Å². The monoisotopic (exact) mass is 589 g/mol. The summed E-state index contributed by atoms with van der Waals surface area (Å²) in [6.07, 6.45) is 1.80. The van der Waals surface area contributed by atoms with Gasteiger partial charge in [-0.25, -0.2) is 9.97 Å². The van der Waals surface area contributed by atoms with Crippen molar-refractivity contribution in [2.45, 2.75) is 24.7 Å². The summed E-state index contributed by atoms with van der Waals surface area (Å²) in [5, 5.41) is 0. The van der Waals surface area contributed by atoms with Gasteiger partial charge in [0.2, 0.25) is 0 Å². The van der Waals surface area contributed by atoms with Crippen molar-refractivity contribution in [2.75, 3.05) is 0 Å². The molecule has 0 saturated heterocycles. The van der Waals surface area contributed by atoms with Crippen molar-refractivity contribution in [3.05, 3.63) is 185 Å². The summed E-state index contributed by atoms with van der Waals surface area (Å²) in [6, 6.07) is 52.3. The van der Waals surface area contributed by atoms with Gasteiger partial charge in [0.25, 0.3) is 0 Å². The van der Waals surface area contributed by atoms with Crippen LogP contribution in [0.25, 0.3) is 45.2 Å². The van der Waals surface area contributed by atoms with Crippen molar-refractivity contribution in [1.29, 1.82) is 0 Å². The molecule has 0 amide bonds. The lowest BCUT2D eigenvalue weighted by Gasteiger charge is -2.46. The van der Waals surface area contributed by atoms with Crippen LogP contribution in [0.1, 0.15) is 47.2 Å². The third kappa shape index (κ3) is 3.69. The molecule has 5 aromatic carbocycles. The summed E-state index contributed by atoms with van der Waals surface area (Å²) in [7, 11) is 0. The Labute approximate surface area is 269 Å². The van der Waals surface area contributed by atoms with E-state index in [0.29, 0.717) is 5.82 Å². The number of pyridine rings is 1. The van der Waals surface area contributed by atoms with E-state index < -0.39 is 5.41 Å². The summed E-state index contributed by atoms with van der Waals surface area (Å²) in [6.45, 7) is 4.72. The van der Waals surface area contributed by atoms with Crippen LogP contribution in [-0.4, -0.2) is 15.0 Å². The first-order valence-corrected chi connectivity index (χ1v) is 15.9. The van der Waals surface area contributed by atoms with E-state index in [1.54, 1.807) is 6.20 Å². The topological polar surface area (TPSA) is 38.7 Å². The van der Waals surface area contributed by atoms with Crippen molar-refractivity contribution in [1.82, 2.24) is 15.0 Å². The van der Waals surface area contributed by atoms with Crippen LogP contribution in [0.3, 0.4) is 0 Å². The Kier molecular flexibility index (Phi) is 5.76. The zero-order chi connectivity index (χ0) is 30.9. The molecule has 2 aliphatic carbocycles. The first kappa shape index (κ1) is 26.7. The maximum atomic E-state index is 5.15. The molecule has 218 valence electrons. The van der Waals surface area contributed by atoms with Crippen LogP contribution < -0.4 is 0 Å². The smallest absolute Gasteiger partial charge is 0.179 e. The number of rotatable bonds is 3. The van der Waals surface area contributed by atoms with Crippen LogP contribution >= 0.6 is 0 Å². The molecule has 2 heterocycles. The second kappa shape index (κ2) is 9.92. The second-order valence-electron chi connectivity index (χ2n) is 12.8. The number of fused-ring (bicyclic) bond motifs is 9. The lowest BCUT2D eigenvalue weighted by Crippen LogP contribution is -2.40. The predicted octanol–water partition coefficient (Wildman–Crippen LogP) is 9.87. The van der Waals surface area contributed by atoms with E-state index in [2.05, 4.69) is 128 Å². The minimum atomic E-state index is -0.455. The van der Waals surface area contributed by atoms with Gasteiger partial charge < -0.3 is 0 Å². The molecule has 0 fully saturated rings. The van der Waals surface area contributed by atoms with Gasteiger partial charge in [0.15, 0.2) is 5.82 Å². The number of nitrogens with zero attached hydrogens (tertiary/aromatic N) is 3. The van der Waals surface area contributed by atoms with Gasteiger partial charge >= 0.3 is 0 Å². The van der Waals surface area contributed by atoms with Crippen molar-refractivity contribution < 1.29 is 0 Å². The van der Waals surface area contributed by atoms with Crippen molar-refractivity contribution >= 4 is 0 Å². The standard InChI is InChI=1S/C43H31N3/c1-42(2)33-18-8-10-20-35(33)43(36-21-11-9-19-34(36)42)32-17-7-6-16-30(32)31-24-23-29(26-37(31)43)40-27-39(28-14-4-3-5-15-28)45-41(46-40)38-22-12-13-25-44-38/h3-27H,1-2H3. The minimum Gasteiger partial charge on any atom is -0.253 e. The molecule has 2 aliphatic rings. The van der Waals surface area contributed by atoms with Gasteiger partial charge in [-0.3, -0.25) is 4.98 Å². The predicted molar refractivity (Wildman–Crippen MR) is 186 cm³/mol. The summed E-state index contributed by atoms with van der Waals surface area (Å²) < 4.78 is 0. The SMILES string of the molecule is CC1(C)c2ccccc2C2(c3ccccc3-c3ccc(-c4cc(-c5ccccc5)nc(-c5ccccn5)n4)cc32)c2ccccc21. The molecule has 9 rings (SSSR count). The average Bonchev–Trinajstić information content (AvgIpc) is 3.42. The highest BCUT2D eigenvalue weighted by atomic mass is 14.9. The van der Waals surface area contributed by atoms with Gasteiger partial charge in [-0.05, 0) is 68.8 Å². The third-order valence-corrected chi connectivity index (χ3v) is 10.0. The van der Waals surface area contributed by atoms with E-state index in [-0.39, 0.29) is 5.41 Å². The third-order valence-electron chi connectivity index (χ3n) is 10.0. The molecule has 0 saturated carbocycles. The maximum Gasteiger partial charge on any atom is 0.179 e. The molecule has 0 N–H and O–H groups in total. The lowest BCUT2D eigenvalue weighted by atomic mass is 9.55. The van der Waals surface area contributed by atoms with Crippen molar-refractivity contribution in [3.63, 3.8) is 0 Å². The lowest BCUT2D eigenvalue weighted by molar-refractivity contribution is 0.563. The highest BCUT2D eigenvalue weighted by Gasteiger charge is 2.53. The normalized spacial score (nSPS) is 14.7. The molecule has 1 spiro atoms. The van der Waals surface area contributed by atoms with E-state index >= 15 is 0 Å². The van der Waals surface area contributed by atoms with Crippen LogP contribution in [0.2, 0.25) is 0 Å². The zero-order valence-corrected chi connectivity index (χ0v) is 25.8. The van der Waals surface area contributed by atoms with Gasteiger partial charge in [-0.1, -0.05) is 135 Å². The molecule has 2 aromatic heterocycles. The highest BCUT2D eigenvalue weighted by Crippen LogP contribution is 2.62. The summed E-state index contributed by atoms with van der Waals surface area (Å²) in [4.78, 5) is 14.7. The van der Waals surface area contributed by atoms with Gasteiger partial charge in [0.1, 0.15) is 5.69 Å². The van der Waals surface area contributed by atoms with Crippen LogP contribution in [-0.2, 0) is 10.8 Å². The fraction of sp³-hybridized carbons (Fsp3) is 0.0930. The molecule has 7 aromatic rings. The number of hydrogen-bond acceptors (Lipinski definition) is 3. The molecule has 3 nitrogen and oxygen atoms in total. The zero-order valence-electron chi connectivity index (χ0n) is 25.8. The molecular formula is C43H31N3.